The lowest BCUT2D eigenvalue weighted by molar-refractivity contribution is 0.0311. The van der Waals surface area contributed by atoms with Gasteiger partial charge in [0.2, 0.25) is 0 Å². The molecule has 1 fully saturated rings. The molecule has 0 amide bonds. The minimum absolute atomic E-state index is 0.115. The summed E-state index contributed by atoms with van der Waals surface area (Å²) in [5, 5.41) is 3.47. The lowest BCUT2D eigenvalue weighted by Crippen LogP contribution is -2.35. The molecular weight excluding hydrogens is 240 g/mol. The van der Waals surface area contributed by atoms with Gasteiger partial charge in [-0.3, -0.25) is 4.90 Å². The fourth-order valence-electron chi connectivity index (χ4n) is 2.17. The zero-order chi connectivity index (χ0) is 13.9. The van der Waals surface area contributed by atoms with Crippen molar-refractivity contribution >= 4 is 0 Å². The van der Waals surface area contributed by atoms with E-state index in [4.69, 9.17) is 9.15 Å². The average molecular weight is 266 g/mol. The number of furan rings is 1. The molecule has 0 radical (unpaired) electrons. The number of aryl methyl sites for hydroxylation is 1. The van der Waals surface area contributed by atoms with Crippen LogP contribution in [0, 0.1) is 6.92 Å². The normalized spacial score (nSPS) is 17.9. The van der Waals surface area contributed by atoms with Gasteiger partial charge in [0.25, 0.3) is 0 Å². The Morgan fingerprint density at radius 1 is 1.26 bits per heavy atom. The number of ether oxygens (including phenoxy) is 1. The van der Waals surface area contributed by atoms with Crippen molar-refractivity contribution in [2.24, 2.45) is 0 Å². The number of nitrogens with zero attached hydrogens (tertiary/aromatic N) is 1. The Labute approximate surface area is 116 Å². The largest absolute Gasteiger partial charge is 0.463 e. The molecule has 0 spiro atoms. The van der Waals surface area contributed by atoms with Gasteiger partial charge >= 0.3 is 0 Å². The predicted octanol–water partition coefficient (Wildman–Crippen LogP) is 2.31. The van der Waals surface area contributed by atoms with E-state index in [1.54, 1.807) is 0 Å². The van der Waals surface area contributed by atoms with Crippen molar-refractivity contribution in [1.82, 2.24) is 10.2 Å². The quantitative estimate of drug-likeness (QED) is 0.907. The maximum absolute atomic E-state index is 5.97. The molecule has 4 nitrogen and oxygen atoms in total. The Bertz CT molecular complexity index is 401. The maximum atomic E-state index is 5.97. The molecule has 1 N–H and O–H groups in total. The van der Waals surface area contributed by atoms with Gasteiger partial charge in [-0.05, 0) is 39.3 Å². The van der Waals surface area contributed by atoms with E-state index in [1.165, 1.54) is 5.56 Å². The summed E-state index contributed by atoms with van der Waals surface area (Å²) >= 11 is 0. The molecule has 0 saturated carbocycles. The Hall–Kier alpha value is -0.840. The minimum Gasteiger partial charge on any atom is -0.463 e. The van der Waals surface area contributed by atoms with E-state index in [2.05, 4.69) is 44.0 Å². The van der Waals surface area contributed by atoms with Crippen LogP contribution in [0.5, 0.6) is 0 Å². The molecule has 108 valence electrons. The summed E-state index contributed by atoms with van der Waals surface area (Å²) < 4.78 is 11.3. The van der Waals surface area contributed by atoms with Gasteiger partial charge in [0.15, 0.2) is 0 Å². The zero-order valence-corrected chi connectivity index (χ0v) is 12.6. The smallest absolute Gasteiger partial charge is 0.120 e. The van der Waals surface area contributed by atoms with Crippen LogP contribution in [0.15, 0.2) is 10.5 Å². The fraction of sp³-hybridized carbons (Fsp3) is 0.733. The highest BCUT2D eigenvalue weighted by molar-refractivity contribution is 5.20. The lowest BCUT2D eigenvalue weighted by atomic mass is 10.1. The van der Waals surface area contributed by atoms with E-state index in [0.717, 1.165) is 50.9 Å². The summed E-state index contributed by atoms with van der Waals surface area (Å²) in [6.07, 6.45) is 0. The van der Waals surface area contributed by atoms with Crippen molar-refractivity contribution in [1.29, 1.82) is 0 Å². The molecule has 1 aromatic rings. The molecule has 2 heterocycles. The highest BCUT2D eigenvalue weighted by Gasteiger charge is 2.16. The molecule has 0 aromatic carbocycles. The van der Waals surface area contributed by atoms with Crippen LogP contribution < -0.4 is 5.32 Å². The minimum atomic E-state index is 0.115. The monoisotopic (exact) mass is 266 g/mol. The summed E-state index contributed by atoms with van der Waals surface area (Å²) in [5.74, 6) is 2.11. The van der Waals surface area contributed by atoms with Crippen molar-refractivity contribution < 1.29 is 9.15 Å². The first-order valence-corrected chi connectivity index (χ1v) is 7.07. The topological polar surface area (TPSA) is 37.6 Å². The second kappa shape index (κ2) is 6.07. The van der Waals surface area contributed by atoms with Crippen LogP contribution in [0.1, 0.15) is 37.9 Å². The summed E-state index contributed by atoms with van der Waals surface area (Å²) in [7, 11) is 0. The molecule has 19 heavy (non-hydrogen) atoms. The van der Waals surface area contributed by atoms with Gasteiger partial charge < -0.3 is 14.5 Å². The van der Waals surface area contributed by atoms with Gasteiger partial charge in [0, 0.05) is 18.6 Å². The molecule has 4 heteroatoms. The van der Waals surface area contributed by atoms with E-state index in [9.17, 15) is 0 Å². The van der Waals surface area contributed by atoms with Crippen LogP contribution in [0.4, 0.5) is 0 Å². The highest BCUT2D eigenvalue weighted by Crippen LogP contribution is 2.17. The maximum Gasteiger partial charge on any atom is 0.120 e. The third-order valence-corrected chi connectivity index (χ3v) is 3.33. The van der Waals surface area contributed by atoms with E-state index < -0.39 is 0 Å². The molecule has 1 aliphatic rings. The standard InChI is InChI=1S/C15H26N2O2/c1-12-9-13(11-17-5-7-18-8-6-17)19-14(12)10-16-15(2,3)4/h9,16H,5-8,10-11H2,1-4H3. The SMILES string of the molecule is Cc1cc(CN2CCOCC2)oc1CNC(C)(C)C. The second-order valence-electron chi connectivity index (χ2n) is 6.31. The fourth-order valence-corrected chi connectivity index (χ4v) is 2.17. The summed E-state index contributed by atoms with van der Waals surface area (Å²) in [4.78, 5) is 2.38. The number of morpholine rings is 1. The summed E-state index contributed by atoms with van der Waals surface area (Å²) in [6.45, 7) is 13.9. The molecule has 0 aliphatic carbocycles. The average Bonchev–Trinajstić information content (AvgIpc) is 2.67. The van der Waals surface area contributed by atoms with Crippen molar-refractivity contribution in [2.75, 3.05) is 26.3 Å². The highest BCUT2D eigenvalue weighted by atomic mass is 16.5. The number of hydrogen-bond donors (Lipinski definition) is 1. The van der Waals surface area contributed by atoms with Crippen LogP contribution in [0.25, 0.3) is 0 Å². The van der Waals surface area contributed by atoms with Gasteiger partial charge in [0.05, 0.1) is 26.3 Å². The number of hydrogen-bond acceptors (Lipinski definition) is 4. The Balaban J connectivity index is 1.92. The molecule has 2 rings (SSSR count). The summed E-state index contributed by atoms with van der Waals surface area (Å²) in [5.41, 5.74) is 1.35. The van der Waals surface area contributed by atoms with Crippen LogP contribution >= 0.6 is 0 Å². The summed E-state index contributed by atoms with van der Waals surface area (Å²) in [6, 6.07) is 2.16. The molecular formula is C15H26N2O2. The van der Waals surface area contributed by atoms with Gasteiger partial charge in [-0.15, -0.1) is 0 Å². The van der Waals surface area contributed by atoms with Gasteiger partial charge in [-0.1, -0.05) is 0 Å². The van der Waals surface area contributed by atoms with Crippen molar-refractivity contribution in [3.05, 3.63) is 23.2 Å². The van der Waals surface area contributed by atoms with Crippen molar-refractivity contribution in [2.45, 2.75) is 46.3 Å². The molecule has 0 unspecified atom stereocenters. The lowest BCUT2D eigenvalue weighted by Gasteiger charge is -2.25. The first-order valence-electron chi connectivity index (χ1n) is 7.07. The van der Waals surface area contributed by atoms with E-state index >= 15 is 0 Å². The first kappa shape index (κ1) is 14.6. The molecule has 0 bridgehead atoms. The second-order valence-corrected chi connectivity index (χ2v) is 6.31. The van der Waals surface area contributed by atoms with Gasteiger partial charge in [-0.25, -0.2) is 0 Å². The molecule has 0 atom stereocenters. The van der Waals surface area contributed by atoms with Crippen molar-refractivity contribution in [3.8, 4) is 0 Å². The number of rotatable bonds is 4. The molecule has 1 saturated heterocycles. The van der Waals surface area contributed by atoms with Gasteiger partial charge in [-0.2, -0.15) is 0 Å². The van der Waals surface area contributed by atoms with Crippen LogP contribution in [0.3, 0.4) is 0 Å². The Morgan fingerprint density at radius 3 is 2.58 bits per heavy atom. The molecule has 1 aliphatic heterocycles. The van der Waals surface area contributed by atoms with E-state index in [1.807, 2.05) is 0 Å². The van der Waals surface area contributed by atoms with Crippen molar-refractivity contribution in [3.63, 3.8) is 0 Å². The van der Waals surface area contributed by atoms with Gasteiger partial charge in [0.1, 0.15) is 11.5 Å². The van der Waals surface area contributed by atoms with Crippen LogP contribution in [-0.4, -0.2) is 36.7 Å². The third-order valence-electron chi connectivity index (χ3n) is 3.33. The predicted molar refractivity (Wildman–Crippen MR) is 76.1 cm³/mol. The van der Waals surface area contributed by atoms with E-state index in [0.29, 0.717) is 0 Å². The van der Waals surface area contributed by atoms with Crippen LogP contribution in [0.2, 0.25) is 0 Å². The number of nitrogens with one attached hydrogen (secondary N) is 1. The molecule has 1 aromatic heterocycles. The third kappa shape index (κ3) is 4.64. The van der Waals surface area contributed by atoms with Crippen LogP contribution in [-0.2, 0) is 17.8 Å². The zero-order valence-electron chi connectivity index (χ0n) is 12.6. The Kier molecular flexibility index (Phi) is 4.66. The van der Waals surface area contributed by atoms with E-state index in [-0.39, 0.29) is 5.54 Å². The first-order chi connectivity index (χ1) is 8.94. The Morgan fingerprint density at radius 2 is 1.95 bits per heavy atom.